The summed E-state index contributed by atoms with van der Waals surface area (Å²) < 4.78 is 33.4. The van der Waals surface area contributed by atoms with E-state index in [1.807, 2.05) is 13.0 Å². The second-order valence-electron chi connectivity index (χ2n) is 9.53. The van der Waals surface area contributed by atoms with Gasteiger partial charge < -0.3 is 14.7 Å². The Morgan fingerprint density at radius 3 is 2.38 bits per heavy atom. The molecule has 1 aliphatic heterocycles. The van der Waals surface area contributed by atoms with Gasteiger partial charge >= 0.3 is 5.97 Å². The van der Waals surface area contributed by atoms with Crippen molar-refractivity contribution in [2.75, 3.05) is 13.6 Å². The molecule has 200 valence electrons. The van der Waals surface area contributed by atoms with Crippen LogP contribution >= 0.6 is 23.2 Å². The molecule has 1 N–H and O–H groups in total. The molecule has 0 spiro atoms. The smallest absolute Gasteiger partial charge is 0.306 e. The summed E-state index contributed by atoms with van der Waals surface area (Å²) >= 11 is 12.4. The maximum atomic E-state index is 13.9. The van der Waals surface area contributed by atoms with Gasteiger partial charge in [0.05, 0.1) is 17.7 Å². The quantitative estimate of drug-likeness (QED) is 0.446. The van der Waals surface area contributed by atoms with Crippen molar-refractivity contribution in [3.05, 3.63) is 69.7 Å². The van der Waals surface area contributed by atoms with Gasteiger partial charge in [-0.15, -0.1) is 0 Å². The minimum Gasteiger partial charge on any atom is -0.481 e. The molecule has 2 aliphatic rings. The van der Waals surface area contributed by atoms with Crippen LogP contribution in [-0.2, 0) is 24.3 Å². The topological polar surface area (TPSA) is 104 Å². The van der Waals surface area contributed by atoms with E-state index in [0.29, 0.717) is 34.9 Å². The molecule has 2 aromatic carbocycles. The van der Waals surface area contributed by atoms with E-state index < -0.39 is 52.6 Å². The Hall–Kier alpha value is -2.17. The largest absolute Gasteiger partial charge is 0.481 e. The zero-order chi connectivity index (χ0) is 26.9. The molecular formula is C26H30Cl2N2O6S. The maximum Gasteiger partial charge on any atom is 0.306 e. The Labute approximate surface area is 227 Å². The van der Waals surface area contributed by atoms with Crippen molar-refractivity contribution in [3.63, 3.8) is 0 Å². The zero-order valence-corrected chi connectivity index (χ0v) is 22.9. The summed E-state index contributed by atoms with van der Waals surface area (Å²) in [5, 5.41) is 10.1. The van der Waals surface area contributed by atoms with Crippen LogP contribution in [0.1, 0.15) is 55.9 Å². The van der Waals surface area contributed by atoms with E-state index >= 15 is 0 Å². The highest BCUT2D eigenvalue weighted by atomic mass is 35.5. The molecule has 4 atom stereocenters. The first kappa shape index (κ1) is 27.9. The number of amides is 1. The van der Waals surface area contributed by atoms with Crippen LogP contribution in [0.5, 0.6) is 0 Å². The predicted molar refractivity (Wildman–Crippen MR) is 141 cm³/mol. The number of carboxylic acids is 1. The van der Waals surface area contributed by atoms with Crippen LogP contribution in [0, 0.1) is 0 Å². The average Bonchev–Trinajstić information content (AvgIpc) is 3.70. The lowest BCUT2D eigenvalue weighted by Gasteiger charge is -2.48. The number of morpholine rings is 1. The number of aliphatic carboxylic acids is 1. The van der Waals surface area contributed by atoms with Gasteiger partial charge in [0, 0.05) is 29.7 Å². The van der Waals surface area contributed by atoms with E-state index in [1.54, 1.807) is 47.4 Å². The van der Waals surface area contributed by atoms with E-state index in [9.17, 15) is 23.1 Å². The van der Waals surface area contributed by atoms with Crippen molar-refractivity contribution in [3.8, 4) is 0 Å². The van der Waals surface area contributed by atoms with Gasteiger partial charge in [-0.2, -0.15) is 0 Å². The number of carboxylic acid groups (broad SMARTS) is 1. The minimum absolute atomic E-state index is 0.0766. The summed E-state index contributed by atoms with van der Waals surface area (Å²) in [5.74, 6) is -1.67. The van der Waals surface area contributed by atoms with Crippen LogP contribution < -0.4 is 0 Å². The Morgan fingerprint density at radius 2 is 1.81 bits per heavy atom. The lowest BCUT2D eigenvalue weighted by atomic mass is 9.89. The first-order valence-corrected chi connectivity index (χ1v) is 14.4. The molecule has 1 heterocycles. The lowest BCUT2D eigenvalue weighted by Crippen LogP contribution is -2.57. The number of hydrogen-bond acceptors (Lipinski definition) is 5. The monoisotopic (exact) mass is 568 g/mol. The van der Waals surface area contributed by atoms with Crippen molar-refractivity contribution in [1.82, 2.24) is 9.21 Å². The molecule has 11 heteroatoms. The summed E-state index contributed by atoms with van der Waals surface area (Å²) in [4.78, 5) is 27.1. The number of halogens is 2. The van der Waals surface area contributed by atoms with E-state index in [2.05, 4.69) is 0 Å². The molecule has 1 unspecified atom stereocenters. The van der Waals surface area contributed by atoms with Gasteiger partial charge in [-0.05, 0) is 54.7 Å². The summed E-state index contributed by atoms with van der Waals surface area (Å²) in [5.41, 5.74) is 1.40. The van der Waals surface area contributed by atoms with Crippen molar-refractivity contribution in [2.45, 2.75) is 62.1 Å². The van der Waals surface area contributed by atoms with Crippen LogP contribution in [0.4, 0.5) is 0 Å². The SMILES string of the molecule is CC[C@@H](CN(C)S(=O)(=O)C1CC1)N1C(=O)[C@@H](CC(=O)O)O[C@H](c2cccc(Cl)c2)C1c1ccc(Cl)cc1. The number of rotatable bonds is 10. The zero-order valence-electron chi connectivity index (χ0n) is 20.6. The Kier molecular flexibility index (Phi) is 8.50. The van der Waals surface area contributed by atoms with Gasteiger partial charge in [-0.3, -0.25) is 9.59 Å². The third-order valence-corrected chi connectivity index (χ3v) is 9.71. The van der Waals surface area contributed by atoms with Gasteiger partial charge in [0.15, 0.2) is 0 Å². The summed E-state index contributed by atoms with van der Waals surface area (Å²) in [6, 6.07) is 12.8. The molecule has 1 saturated carbocycles. The van der Waals surface area contributed by atoms with E-state index in [1.165, 1.54) is 11.4 Å². The van der Waals surface area contributed by atoms with E-state index in [-0.39, 0.29) is 11.8 Å². The molecule has 0 bridgehead atoms. The molecule has 2 fully saturated rings. The van der Waals surface area contributed by atoms with Gasteiger partial charge in [0.1, 0.15) is 12.2 Å². The number of benzene rings is 2. The Bertz CT molecular complexity index is 1250. The van der Waals surface area contributed by atoms with Crippen LogP contribution in [0.3, 0.4) is 0 Å². The third kappa shape index (κ3) is 6.12. The fourth-order valence-electron chi connectivity index (χ4n) is 4.83. The van der Waals surface area contributed by atoms with Gasteiger partial charge in [0.2, 0.25) is 10.0 Å². The van der Waals surface area contributed by atoms with Gasteiger partial charge in [-0.1, -0.05) is 54.4 Å². The second-order valence-corrected chi connectivity index (χ2v) is 12.7. The first-order chi connectivity index (χ1) is 17.5. The first-order valence-electron chi connectivity index (χ1n) is 12.2. The number of likely N-dealkylation sites (N-methyl/N-ethyl adjacent to an activating group) is 1. The average molecular weight is 570 g/mol. The molecular weight excluding hydrogens is 539 g/mol. The Morgan fingerprint density at radius 1 is 1.14 bits per heavy atom. The maximum absolute atomic E-state index is 13.9. The number of ether oxygens (including phenoxy) is 1. The predicted octanol–water partition coefficient (Wildman–Crippen LogP) is 4.68. The normalized spacial score (nSPS) is 23.3. The van der Waals surface area contributed by atoms with Crippen molar-refractivity contribution >= 4 is 45.1 Å². The highest BCUT2D eigenvalue weighted by Crippen LogP contribution is 2.45. The number of nitrogens with zero attached hydrogens (tertiary/aromatic N) is 2. The number of carbonyl (C=O) groups excluding carboxylic acids is 1. The molecule has 2 aromatic rings. The van der Waals surface area contributed by atoms with Crippen molar-refractivity contribution in [1.29, 1.82) is 0 Å². The van der Waals surface area contributed by atoms with Crippen molar-refractivity contribution < 1.29 is 27.9 Å². The van der Waals surface area contributed by atoms with Crippen LogP contribution in [0.25, 0.3) is 0 Å². The highest BCUT2D eigenvalue weighted by molar-refractivity contribution is 7.90. The van der Waals surface area contributed by atoms with E-state index in [4.69, 9.17) is 27.9 Å². The molecule has 0 aromatic heterocycles. The molecule has 37 heavy (non-hydrogen) atoms. The number of hydrogen-bond donors (Lipinski definition) is 1. The number of sulfonamides is 1. The van der Waals surface area contributed by atoms with E-state index in [0.717, 1.165) is 5.56 Å². The van der Waals surface area contributed by atoms with Crippen LogP contribution in [0.2, 0.25) is 10.0 Å². The second kappa shape index (κ2) is 11.3. The van der Waals surface area contributed by atoms with Gasteiger partial charge in [-0.25, -0.2) is 12.7 Å². The summed E-state index contributed by atoms with van der Waals surface area (Å²) in [6.07, 6.45) is -0.810. The highest BCUT2D eigenvalue weighted by Gasteiger charge is 2.48. The standard InChI is InChI=1S/C26H30Cl2N2O6S/c1-3-20(15-29(2)37(34,35)21-11-12-21)30-24(16-7-9-18(27)10-8-16)25(17-5-4-6-19(28)13-17)36-22(26(30)33)14-23(31)32/h4-10,13,20-22,24-25H,3,11-12,14-15H2,1-2H3,(H,31,32)/t20-,22+,24?,25+/m0/s1. The number of carbonyl (C=O) groups is 2. The molecule has 4 rings (SSSR count). The fourth-order valence-corrected chi connectivity index (χ4v) is 6.78. The Balaban J connectivity index is 1.81. The summed E-state index contributed by atoms with van der Waals surface area (Å²) in [6.45, 7) is 1.96. The third-order valence-electron chi connectivity index (χ3n) is 6.89. The van der Waals surface area contributed by atoms with Crippen LogP contribution in [0.15, 0.2) is 48.5 Å². The fraction of sp³-hybridized carbons (Fsp3) is 0.462. The lowest BCUT2D eigenvalue weighted by molar-refractivity contribution is -0.183. The molecule has 1 saturated heterocycles. The van der Waals surface area contributed by atoms with Crippen LogP contribution in [-0.4, -0.2) is 65.6 Å². The molecule has 1 amide bonds. The molecule has 1 aliphatic carbocycles. The summed E-state index contributed by atoms with van der Waals surface area (Å²) in [7, 11) is -1.95. The van der Waals surface area contributed by atoms with Gasteiger partial charge in [0.25, 0.3) is 5.91 Å². The minimum atomic E-state index is -3.48. The molecule has 8 nitrogen and oxygen atoms in total. The molecule has 0 radical (unpaired) electrons. The van der Waals surface area contributed by atoms with Crippen molar-refractivity contribution in [2.24, 2.45) is 0 Å².